The lowest BCUT2D eigenvalue weighted by Crippen LogP contribution is -2.31. The number of aromatic nitrogens is 3. The third-order valence-electron chi connectivity index (χ3n) is 6.57. The molecule has 1 aliphatic rings. The van der Waals surface area contributed by atoms with Crippen molar-refractivity contribution in [2.45, 2.75) is 40.3 Å². The highest BCUT2D eigenvalue weighted by Crippen LogP contribution is 2.39. The molecule has 3 aromatic carbocycles. The highest BCUT2D eigenvalue weighted by molar-refractivity contribution is 6.06. The van der Waals surface area contributed by atoms with Crippen LogP contribution in [0.4, 0.5) is 11.6 Å². The van der Waals surface area contributed by atoms with Crippen molar-refractivity contribution in [1.29, 1.82) is 0 Å². The zero-order valence-electron chi connectivity index (χ0n) is 23.1. The van der Waals surface area contributed by atoms with E-state index in [0.29, 0.717) is 60.0 Å². The topological polar surface area (TPSA) is 99.5 Å². The summed E-state index contributed by atoms with van der Waals surface area (Å²) in [5.74, 6) is 2.09. The Balaban J connectivity index is 1.48. The van der Waals surface area contributed by atoms with Crippen molar-refractivity contribution in [3.63, 3.8) is 0 Å². The summed E-state index contributed by atoms with van der Waals surface area (Å²) >= 11 is 0. The van der Waals surface area contributed by atoms with Gasteiger partial charge in [-0.15, -0.1) is 0 Å². The second kappa shape index (κ2) is 11.9. The van der Waals surface area contributed by atoms with Gasteiger partial charge in [0.25, 0.3) is 5.91 Å². The van der Waals surface area contributed by atoms with Gasteiger partial charge in [-0.1, -0.05) is 48.0 Å². The Morgan fingerprint density at radius 1 is 0.925 bits per heavy atom. The first-order valence-electron chi connectivity index (χ1n) is 13.3. The third-order valence-corrected chi connectivity index (χ3v) is 6.57. The molecule has 1 aromatic heterocycles. The van der Waals surface area contributed by atoms with E-state index in [1.54, 1.807) is 4.68 Å². The minimum absolute atomic E-state index is 0.277. The predicted molar refractivity (Wildman–Crippen MR) is 154 cm³/mol. The number of carbonyl (C=O) groups is 1. The zero-order chi connectivity index (χ0) is 28.1. The number of ether oxygens (including phenoxy) is 3. The highest BCUT2D eigenvalue weighted by atomic mass is 16.5. The summed E-state index contributed by atoms with van der Waals surface area (Å²) in [5, 5.41) is 10.7. The molecule has 206 valence electrons. The van der Waals surface area contributed by atoms with Gasteiger partial charge in [-0.3, -0.25) is 4.79 Å². The molecule has 40 heavy (non-hydrogen) atoms. The van der Waals surface area contributed by atoms with E-state index >= 15 is 0 Å². The largest absolute Gasteiger partial charge is 0.492 e. The number of fused-ring (bicyclic) bond motifs is 1. The Kier molecular flexibility index (Phi) is 8.00. The van der Waals surface area contributed by atoms with Crippen LogP contribution in [0.15, 0.2) is 84.3 Å². The van der Waals surface area contributed by atoms with Crippen molar-refractivity contribution in [3.8, 4) is 17.2 Å². The lowest BCUT2D eigenvalue weighted by molar-refractivity contribution is -0.113. The van der Waals surface area contributed by atoms with Gasteiger partial charge in [0.1, 0.15) is 24.7 Å². The van der Waals surface area contributed by atoms with Crippen LogP contribution < -0.4 is 24.8 Å². The molecule has 2 heterocycles. The van der Waals surface area contributed by atoms with Gasteiger partial charge in [0.05, 0.1) is 24.5 Å². The molecule has 1 atom stereocenters. The molecule has 0 bridgehead atoms. The fraction of sp³-hybridized carbons (Fsp3) is 0.258. The van der Waals surface area contributed by atoms with Gasteiger partial charge in [0.2, 0.25) is 5.95 Å². The lowest BCUT2D eigenvalue weighted by atomic mass is 9.94. The molecule has 0 saturated carbocycles. The van der Waals surface area contributed by atoms with E-state index < -0.39 is 6.04 Å². The van der Waals surface area contributed by atoms with Crippen LogP contribution >= 0.6 is 0 Å². The fourth-order valence-electron chi connectivity index (χ4n) is 4.66. The van der Waals surface area contributed by atoms with E-state index in [4.69, 9.17) is 14.2 Å². The maximum atomic E-state index is 13.8. The summed E-state index contributed by atoms with van der Waals surface area (Å²) in [6.07, 6.45) is 1.47. The van der Waals surface area contributed by atoms with Gasteiger partial charge in [-0.05, 0) is 63.1 Å². The molecule has 0 aliphatic carbocycles. The first-order valence-corrected chi connectivity index (χ1v) is 13.3. The number of nitrogens with zero attached hydrogens (tertiary/aromatic N) is 3. The van der Waals surface area contributed by atoms with Gasteiger partial charge in [0.15, 0.2) is 11.5 Å². The molecule has 9 nitrogen and oxygen atoms in total. The maximum absolute atomic E-state index is 13.8. The smallest absolute Gasteiger partial charge is 0.255 e. The van der Waals surface area contributed by atoms with Crippen molar-refractivity contribution < 1.29 is 19.0 Å². The Hall–Kier alpha value is -4.79. The molecular weight excluding hydrogens is 506 g/mol. The van der Waals surface area contributed by atoms with Crippen LogP contribution in [0, 0.1) is 6.92 Å². The second-order valence-corrected chi connectivity index (χ2v) is 9.39. The molecule has 5 rings (SSSR count). The first kappa shape index (κ1) is 26.8. The Labute approximate surface area is 233 Å². The van der Waals surface area contributed by atoms with Crippen molar-refractivity contribution in [3.05, 3.63) is 101 Å². The van der Waals surface area contributed by atoms with Crippen LogP contribution in [-0.4, -0.2) is 33.9 Å². The van der Waals surface area contributed by atoms with Gasteiger partial charge in [0, 0.05) is 5.70 Å². The SMILES string of the molecule is CCOc1ccccc1NC(=O)C1=C(C)Nc2ncnn2C1c1ccc(OCc2ccc(C)cc2)c(OCC)c1. The molecular formula is C31H33N5O4. The van der Waals surface area contributed by atoms with Gasteiger partial charge >= 0.3 is 0 Å². The predicted octanol–water partition coefficient (Wildman–Crippen LogP) is 5.89. The lowest BCUT2D eigenvalue weighted by Gasteiger charge is -2.29. The molecule has 0 fully saturated rings. The van der Waals surface area contributed by atoms with Crippen molar-refractivity contribution in [2.24, 2.45) is 0 Å². The molecule has 2 N–H and O–H groups in total. The zero-order valence-corrected chi connectivity index (χ0v) is 23.1. The molecule has 0 spiro atoms. The highest BCUT2D eigenvalue weighted by Gasteiger charge is 2.34. The number of allylic oxidation sites excluding steroid dienone is 1. The number of carbonyl (C=O) groups excluding carboxylic acids is 1. The summed E-state index contributed by atoms with van der Waals surface area (Å²) in [5.41, 5.74) is 4.83. The van der Waals surface area contributed by atoms with Crippen LogP contribution in [0.25, 0.3) is 0 Å². The average Bonchev–Trinajstić information content (AvgIpc) is 3.42. The summed E-state index contributed by atoms with van der Waals surface area (Å²) in [6.45, 7) is 9.10. The number of aryl methyl sites for hydroxylation is 1. The number of benzene rings is 3. The summed E-state index contributed by atoms with van der Waals surface area (Å²) < 4.78 is 19.6. The van der Waals surface area contributed by atoms with E-state index in [-0.39, 0.29) is 5.91 Å². The van der Waals surface area contributed by atoms with Crippen LogP contribution in [0.5, 0.6) is 17.2 Å². The van der Waals surface area contributed by atoms with Crippen LogP contribution in [0.2, 0.25) is 0 Å². The van der Waals surface area contributed by atoms with E-state index in [1.807, 2.05) is 75.4 Å². The van der Waals surface area contributed by atoms with Crippen molar-refractivity contribution in [2.75, 3.05) is 23.8 Å². The molecule has 1 unspecified atom stereocenters. The molecule has 1 aliphatic heterocycles. The Morgan fingerprint density at radius 3 is 2.45 bits per heavy atom. The molecule has 0 radical (unpaired) electrons. The standard InChI is InChI=1S/C31H33N5O4/c1-5-38-25-10-8-7-9-24(25)35-30(37)28-21(4)34-31-32-19-33-36(31)29(28)23-15-16-26(27(17-23)39-6-2)40-18-22-13-11-20(3)12-14-22/h7-17,19,29H,5-6,18H2,1-4H3,(H,35,37)(H,32,33,34). The quantitative estimate of drug-likeness (QED) is 0.259. The van der Waals surface area contributed by atoms with E-state index in [9.17, 15) is 4.79 Å². The van der Waals surface area contributed by atoms with Crippen LogP contribution in [-0.2, 0) is 11.4 Å². The summed E-state index contributed by atoms with van der Waals surface area (Å²) in [7, 11) is 0. The minimum atomic E-state index is -0.552. The van der Waals surface area contributed by atoms with Crippen molar-refractivity contribution >= 4 is 17.5 Å². The number of para-hydroxylation sites is 2. The van der Waals surface area contributed by atoms with Crippen molar-refractivity contribution in [1.82, 2.24) is 14.8 Å². The molecule has 1 amide bonds. The number of nitrogens with one attached hydrogen (secondary N) is 2. The summed E-state index contributed by atoms with van der Waals surface area (Å²) in [4.78, 5) is 18.2. The number of rotatable bonds is 10. The summed E-state index contributed by atoms with van der Waals surface area (Å²) in [6, 6.07) is 20.8. The average molecular weight is 540 g/mol. The number of anilines is 2. The van der Waals surface area contributed by atoms with Crippen LogP contribution in [0.1, 0.15) is 43.5 Å². The van der Waals surface area contributed by atoms with Gasteiger partial charge in [-0.25, -0.2) is 4.68 Å². The third kappa shape index (κ3) is 5.63. The fourth-order valence-corrected chi connectivity index (χ4v) is 4.66. The molecule has 9 heteroatoms. The normalized spacial score (nSPS) is 14.2. The monoisotopic (exact) mass is 539 g/mol. The van der Waals surface area contributed by atoms with E-state index in [0.717, 1.165) is 11.1 Å². The van der Waals surface area contributed by atoms with Crippen LogP contribution in [0.3, 0.4) is 0 Å². The molecule has 0 saturated heterocycles. The maximum Gasteiger partial charge on any atom is 0.255 e. The second-order valence-electron chi connectivity index (χ2n) is 9.39. The minimum Gasteiger partial charge on any atom is -0.492 e. The van der Waals surface area contributed by atoms with Gasteiger partial charge < -0.3 is 24.8 Å². The Bertz CT molecular complexity index is 1530. The van der Waals surface area contributed by atoms with E-state index in [1.165, 1.54) is 11.9 Å². The number of hydrogen-bond acceptors (Lipinski definition) is 7. The molecule has 4 aromatic rings. The number of amides is 1. The number of hydrogen-bond donors (Lipinski definition) is 2. The first-order chi connectivity index (χ1) is 19.5. The van der Waals surface area contributed by atoms with Gasteiger partial charge in [-0.2, -0.15) is 10.1 Å². The Morgan fingerprint density at radius 2 is 1.68 bits per heavy atom. The van der Waals surface area contributed by atoms with E-state index in [2.05, 4.69) is 39.8 Å².